The van der Waals surface area contributed by atoms with E-state index in [1.807, 2.05) is 18.2 Å². The minimum absolute atomic E-state index is 0.0604. The molecule has 2 rings (SSSR count). The second kappa shape index (κ2) is 5.40. The summed E-state index contributed by atoms with van der Waals surface area (Å²) >= 11 is 0. The number of hydrogen-bond acceptors (Lipinski definition) is 2. The van der Waals surface area contributed by atoms with Crippen molar-refractivity contribution < 1.29 is 18.3 Å². The molecule has 1 N–H and O–H groups in total. The van der Waals surface area contributed by atoms with E-state index < -0.39 is 18.2 Å². The molecule has 0 aliphatic heterocycles. The van der Waals surface area contributed by atoms with E-state index in [9.17, 15) is 18.3 Å². The molecule has 1 unspecified atom stereocenters. The quantitative estimate of drug-likeness (QED) is 0.913. The summed E-state index contributed by atoms with van der Waals surface area (Å²) in [5.74, 6) is 0. The number of halogens is 3. The van der Waals surface area contributed by atoms with Crippen molar-refractivity contribution in [2.45, 2.75) is 38.0 Å². The Balaban J connectivity index is 2.14. The molecular formula is C15H16F3NO. The first-order valence-electron chi connectivity index (χ1n) is 6.42. The summed E-state index contributed by atoms with van der Waals surface area (Å²) in [6, 6.07) is 8.98. The van der Waals surface area contributed by atoms with E-state index in [-0.39, 0.29) is 12.8 Å². The van der Waals surface area contributed by atoms with Crippen LogP contribution in [-0.4, -0.2) is 16.3 Å². The standard InChI is InChI=1S/C15H16F3NO/c1-14(20,7-3-8-15(16,17)18)12-6-5-11-4-2-9-19-13(11)10-12/h2,4-6,9-10,20H,3,7-8H2,1H3. The zero-order valence-corrected chi connectivity index (χ0v) is 11.1. The van der Waals surface area contributed by atoms with Crippen LogP contribution in [0.3, 0.4) is 0 Å². The van der Waals surface area contributed by atoms with Crippen LogP contribution in [0.1, 0.15) is 31.7 Å². The maximum atomic E-state index is 12.1. The van der Waals surface area contributed by atoms with Gasteiger partial charge in [0.1, 0.15) is 0 Å². The highest BCUT2D eigenvalue weighted by Gasteiger charge is 2.29. The lowest BCUT2D eigenvalue weighted by molar-refractivity contribution is -0.137. The van der Waals surface area contributed by atoms with Crippen LogP contribution in [0.25, 0.3) is 10.9 Å². The van der Waals surface area contributed by atoms with Gasteiger partial charge in [-0.05, 0) is 37.5 Å². The van der Waals surface area contributed by atoms with E-state index >= 15 is 0 Å². The molecule has 20 heavy (non-hydrogen) atoms. The lowest BCUT2D eigenvalue weighted by atomic mass is 9.90. The Morgan fingerprint density at radius 3 is 2.60 bits per heavy atom. The molecule has 0 bridgehead atoms. The lowest BCUT2D eigenvalue weighted by Crippen LogP contribution is -2.22. The van der Waals surface area contributed by atoms with E-state index in [1.165, 1.54) is 6.92 Å². The first kappa shape index (κ1) is 14.8. The van der Waals surface area contributed by atoms with Gasteiger partial charge in [-0.3, -0.25) is 4.98 Å². The predicted octanol–water partition coefficient (Wildman–Crippen LogP) is 4.17. The van der Waals surface area contributed by atoms with Crippen molar-refractivity contribution >= 4 is 10.9 Å². The molecule has 0 fully saturated rings. The second-order valence-electron chi connectivity index (χ2n) is 5.15. The largest absolute Gasteiger partial charge is 0.389 e. The van der Waals surface area contributed by atoms with Crippen molar-refractivity contribution in [3.05, 3.63) is 42.1 Å². The molecule has 0 radical (unpaired) electrons. The van der Waals surface area contributed by atoms with Crippen molar-refractivity contribution in [3.8, 4) is 0 Å². The third-order valence-electron chi connectivity index (χ3n) is 3.35. The van der Waals surface area contributed by atoms with E-state index in [0.717, 1.165) is 10.9 Å². The van der Waals surface area contributed by atoms with Crippen LogP contribution < -0.4 is 0 Å². The highest BCUT2D eigenvalue weighted by molar-refractivity contribution is 5.79. The van der Waals surface area contributed by atoms with Gasteiger partial charge in [-0.25, -0.2) is 0 Å². The number of pyridine rings is 1. The Morgan fingerprint density at radius 2 is 1.90 bits per heavy atom. The number of aromatic nitrogens is 1. The van der Waals surface area contributed by atoms with Crippen LogP contribution in [0, 0.1) is 0 Å². The number of rotatable bonds is 4. The smallest absolute Gasteiger partial charge is 0.385 e. The fourth-order valence-electron chi connectivity index (χ4n) is 2.18. The van der Waals surface area contributed by atoms with Gasteiger partial charge in [0.15, 0.2) is 0 Å². The Labute approximate surface area is 115 Å². The first-order chi connectivity index (χ1) is 9.28. The Bertz CT molecular complexity index is 593. The molecule has 108 valence electrons. The van der Waals surface area contributed by atoms with Gasteiger partial charge in [0, 0.05) is 18.0 Å². The average Bonchev–Trinajstić information content (AvgIpc) is 2.36. The molecule has 5 heteroatoms. The third kappa shape index (κ3) is 3.70. The molecule has 0 aliphatic rings. The predicted molar refractivity (Wildman–Crippen MR) is 71.2 cm³/mol. The summed E-state index contributed by atoms with van der Waals surface area (Å²) in [4.78, 5) is 4.18. The normalized spacial score (nSPS) is 15.2. The molecule has 0 amide bonds. The highest BCUT2D eigenvalue weighted by atomic mass is 19.4. The number of nitrogens with zero attached hydrogens (tertiary/aromatic N) is 1. The molecule has 0 spiro atoms. The van der Waals surface area contributed by atoms with Crippen LogP contribution in [-0.2, 0) is 5.60 Å². The summed E-state index contributed by atoms with van der Waals surface area (Å²) in [5.41, 5.74) is 0.0312. The van der Waals surface area contributed by atoms with Crippen LogP contribution in [0.5, 0.6) is 0 Å². The average molecular weight is 283 g/mol. The molecule has 0 saturated carbocycles. The second-order valence-corrected chi connectivity index (χ2v) is 5.15. The van der Waals surface area contributed by atoms with Crippen LogP contribution >= 0.6 is 0 Å². The fourth-order valence-corrected chi connectivity index (χ4v) is 2.18. The van der Waals surface area contributed by atoms with Gasteiger partial charge >= 0.3 is 6.18 Å². The zero-order valence-electron chi connectivity index (χ0n) is 11.1. The minimum atomic E-state index is -4.18. The summed E-state index contributed by atoms with van der Waals surface area (Å²) < 4.78 is 36.4. The number of aliphatic hydroxyl groups is 1. The van der Waals surface area contributed by atoms with Crippen LogP contribution in [0.4, 0.5) is 13.2 Å². The molecule has 2 nitrogen and oxygen atoms in total. The molecule has 0 saturated heterocycles. The van der Waals surface area contributed by atoms with E-state index in [1.54, 1.807) is 18.3 Å². The monoisotopic (exact) mass is 283 g/mol. The SMILES string of the molecule is CC(O)(CCCC(F)(F)F)c1ccc2cccnc2c1. The van der Waals surface area contributed by atoms with Gasteiger partial charge < -0.3 is 5.11 Å². The van der Waals surface area contributed by atoms with Crippen molar-refractivity contribution in [1.29, 1.82) is 0 Å². The lowest BCUT2D eigenvalue weighted by Gasteiger charge is -2.24. The van der Waals surface area contributed by atoms with Gasteiger partial charge in [-0.1, -0.05) is 18.2 Å². The maximum Gasteiger partial charge on any atom is 0.389 e. The minimum Gasteiger partial charge on any atom is -0.385 e. The molecule has 0 aliphatic carbocycles. The van der Waals surface area contributed by atoms with Crippen LogP contribution in [0.15, 0.2) is 36.5 Å². The third-order valence-corrected chi connectivity index (χ3v) is 3.35. The zero-order chi connectivity index (χ0) is 14.8. The highest BCUT2D eigenvalue weighted by Crippen LogP contribution is 2.31. The molecule has 1 aromatic heterocycles. The Kier molecular flexibility index (Phi) is 3.99. The van der Waals surface area contributed by atoms with E-state index in [4.69, 9.17) is 0 Å². The number of fused-ring (bicyclic) bond motifs is 1. The summed E-state index contributed by atoms with van der Waals surface area (Å²) in [6.45, 7) is 1.54. The molecule has 2 aromatic rings. The van der Waals surface area contributed by atoms with Gasteiger partial charge in [-0.15, -0.1) is 0 Å². The number of hydrogen-bond donors (Lipinski definition) is 1. The van der Waals surface area contributed by atoms with E-state index in [0.29, 0.717) is 5.56 Å². The Hall–Kier alpha value is -1.62. The van der Waals surface area contributed by atoms with Gasteiger partial charge in [0.2, 0.25) is 0 Å². The molecular weight excluding hydrogens is 267 g/mol. The molecule has 1 atom stereocenters. The Morgan fingerprint density at radius 1 is 1.15 bits per heavy atom. The van der Waals surface area contributed by atoms with Gasteiger partial charge in [0.05, 0.1) is 11.1 Å². The number of alkyl halides is 3. The van der Waals surface area contributed by atoms with Gasteiger partial charge in [-0.2, -0.15) is 13.2 Å². The van der Waals surface area contributed by atoms with Crippen molar-refractivity contribution in [3.63, 3.8) is 0 Å². The van der Waals surface area contributed by atoms with Gasteiger partial charge in [0.25, 0.3) is 0 Å². The molecule has 1 aromatic carbocycles. The van der Waals surface area contributed by atoms with Crippen molar-refractivity contribution in [1.82, 2.24) is 4.98 Å². The maximum absolute atomic E-state index is 12.1. The molecule has 1 heterocycles. The van der Waals surface area contributed by atoms with Crippen molar-refractivity contribution in [2.75, 3.05) is 0 Å². The fraction of sp³-hybridized carbons (Fsp3) is 0.400. The summed E-state index contributed by atoms with van der Waals surface area (Å²) in [6.07, 6.45) is -3.46. The first-order valence-corrected chi connectivity index (χ1v) is 6.42. The van der Waals surface area contributed by atoms with E-state index in [2.05, 4.69) is 4.98 Å². The van der Waals surface area contributed by atoms with Crippen LogP contribution in [0.2, 0.25) is 0 Å². The summed E-state index contributed by atoms with van der Waals surface area (Å²) in [7, 11) is 0. The summed E-state index contributed by atoms with van der Waals surface area (Å²) in [5, 5.41) is 11.3. The van der Waals surface area contributed by atoms with Crippen molar-refractivity contribution in [2.24, 2.45) is 0 Å². The topological polar surface area (TPSA) is 33.1 Å². The number of benzene rings is 1.